The van der Waals surface area contributed by atoms with Crippen LogP contribution in [0.5, 0.6) is 0 Å². The molecule has 0 fully saturated rings. The number of nitrogens with zero attached hydrogens (tertiary/aromatic N) is 1. The van der Waals surface area contributed by atoms with E-state index < -0.39 is 23.9 Å². The number of nitrogens with one attached hydrogen (secondary N) is 1. The van der Waals surface area contributed by atoms with Crippen LogP contribution in [-0.2, 0) is 9.59 Å². The zero-order chi connectivity index (χ0) is 14.4. The molecule has 0 aliphatic carbocycles. The summed E-state index contributed by atoms with van der Waals surface area (Å²) >= 11 is 3.11. The van der Waals surface area contributed by atoms with Gasteiger partial charge in [-0.15, -0.1) is 0 Å². The van der Waals surface area contributed by atoms with Crippen LogP contribution in [0.3, 0.4) is 0 Å². The summed E-state index contributed by atoms with van der Waals surface area (Å²) in [6.45, 7) is 0. The van der Waals surface area contributed by atoms with Crippen molar-refractivity contribution >= 4 is 33.8 Å². The molecule has 0 saturated carbocycles. The molecular formula is C11H11BrN2O5. The standard InChI is InChI=1S/C11H11BrN2O5/c12-8-3-1-6(5-13-8)10(17)14-7(11(18)19)2-4-9(15)16/h1,3,5,7H,2,4H2,(H,14,17)(H,15,16)(H,18,19)/t7-/m0/s1. The third kappa shape index (κ3) is 5.04. The average Bonchev–Trinajstić information content (AvgIpc) is 2.34. The zero-order valence-electron chi connectivity index (χ0n) is 9.67. The van der Waals surface area contributed by atoms with Gasteiger partial charge in [-0.3, -0.25) is 9.59 Å². The minimum Gasteiger partial charge on any atom is -0.481 e. The van der Waals surface area contributed by atoms with E-state index >= 15 is 0 Å². The molecule has 7 nitrogen and oxygen atoms in total. The maximum atomic E-state index is 11.7. The zero-order valence-corrected chi connectivity index (χ0v) is 11.3. The fourth-order valence-corrected chi connectivity index (χ4v) is 1.51. The Morgan fingerprint density at radius 1 is 1.32 bits per heavy atom. The van der Waals surface area contributed by atoms with Gasteiger partial charge < -0.3 is 15.5 Å². The molecule has 1 rings (SSSR count). The fourth-order valence-electron chi connectivity index (χ4n) is 1.28. The second-order valence-electron chi connectivity index (χ2n) is 3.67. The summed E-state index contributed by atoms with van der Waals surface area (Å²) in [5, 5.41) is 19.7. The Balaban J connectivity index is 2.68. The maximum absolute atomic E-state index is 11.7. The number of pyridine rings is 1. The Labute approximate surface area is 116 Å². The first-order chi connectivity index (χ1) is 8.90. The van der Waals surface area contributed by atoms with E-state index in [1.54, 1.807) is 6.07 Å². The molecule has 1 aromatic rings. The summed E-state index contributed by atoms with van der Waals surface area (Å²) in [5.41, 5.74) is 0.199. The van der Waals surface area contributed by atoms with Crippen LogP contribution in [0.4, 0.5) is 0 Å². The highest BCUT2D eigenvalue weighted by atomic mass is 79.9. The molecule has 102 valence electrons. The minimum absolute atomic E-state index is 0.180. The lowest BCUT2D eigenvalue weighted by atomic mass is 10.1. The first kappa shape index (κ1) is 15.1. The van der Waals surface area contributed by atoms with E-state index in [0.717, 1.165) is 0 Å². The number of amides is 1. The summed E-state index contributed by atoms with van der Waals surface area (Å²) in [7, 11) is 0. The Morgan fingerprint density at radius 3 is 2.47 bits per heavy atom. The van der Waals surface area contributed by atoms with E-state index in [4.69, 9.17) is 10.2 Å². The van der Waals surface area contributed by atoms with Gasteiger partial charge in [-0.1, -0.05) is 0 Å². The summed E-state index contributed by atoms with van der Waals surface area (Å²) in [6, 6.07) is 1.78. The van der Waals surface area contributed by atoms with Gasteiger partial charge in [-0.25, -0.2) is 9.78 Å². The van der Waals surface area contributed by atoms with Crippen LogP contribution in [0.2, 0.25) is 0 Å². The van der Waals surface area contributed by atoms with Gasteiger partial charge in [0.05, 0.1) is 5.56 Å². The Morgan fingerprint density at radius 2 is 2.00 bits per heavy atom. The lowest BCUT2D eigenvalue weighted by Crippen LogP contribution is -2.41. The smallest absolute Gasteiger partial charge is 0.326 e. The van der Waals surface area contributed by atoms with Gasteiger partial charge in [0.1, 0.15) is 10.6 Å². The number of hydrogen-bond acceptors (Lipinski definition) is 4. The van der Waals surface area contributed by atoms with Crippen molar-refractivity contribution in [3.8, 4) is 0 Å². The molecule has 1 heterocycles. The fraction of sp³-hybridized carbons (Fsp3) is 0.273. The van der Waals surface area contributed by atoms with Gasteiger partial charge in [0.15, 0.2) is 0 Å². The van der Waals surface area contributed by atoms with Crippen molar-refractivity contribution in [2.24, 2.45) is 0 Å². The van der Waals surface area contributed by atoms with E-state index in [-0.39, 0.29) is 18.4 Å². The predicted molar refractivity (Wildman–Crippen MR) is 67.7 cm³/mol. The molecule has 1 amide bonds. The Kier molecular flexibility index (Phi) is 5.43. The molecule has 0 aliphatic heterocycles. The van der Waals surface area contributed by atoms with Crippen LogP contribution < -0.4 is 5.32 Å². The van der Waals surface area contributed by atoms with Gasteiger partial charge in [0.2, 0.25) is 0 Å². The first-order valence-electron chi connectivity index (χ1n) is 5.27. The highest BCUT2D eigenvalue weighted by Crippen LogP contribution is 2.07. The quantitative estimate of drug-likeness (QED) is 0.667. The Bertz CT molecular complexity index is 488. The van der Waals surface area contributed by atoms with Crippen molar-refractivity contribution in [2.45, 2.75) is 18.9 Å². The number of carbonyl (C=O) groups excluding carboxylic acids is 1. The largest absolute Gasteiger partial charge is 0.481 e. The third-order valence-electron chi connectivity index (χ3n) is 2.24. The second kappa shape index (κ2) is 6.83. The predicted octanol–water partition coefficient (Wildman–Crippen LogP) is 0.892. The molecule has 19 heavy (non-hydrogen) atoms. The van der Waals surface area contributed by atoms with E-state index in [1.807, 2.05) is 0 Å². The number of carbonyl (C=O) groups is 3. The van der Waals surface area contributed by atoms with Crippen LogP contribution in [0, 0.1) is 0 Å². The number of carboxylic acids is 2. The molecule has 3 N–H and O–H groups in total. The normalized spacial score (nSPS) is 11.6. The van der Waals surface area contributed by atoms with Crippen molar-refractivity contribution in [3.63, 3.8) is 0 Å². The lowest BCUT2D eigenvalue weighted by Gasteiger charge is -2.13. The summed E-state index contributed by atoms with van der Waals surface area (Å²) in [4.78, 5) is 36.9. The SMILES string of the molecule is O=C(O)CC[C@H](NC(=O)c1ccc(Br)nc1)C(=O)O. The molecule has 1 aromatic heterocycles. The van der Waals surface area contributed by atoms with Crippen LogP contribution in [0.25, 0.3) is 0 Å². The average molecular weight is 331 g/mol. The number of hydrogen-bond donors (Lipinski definition) is 3. The van der Waals surface area contributed by atoms with Gasteiger partial charge in [-0.2, -0.15) is 0 Å². The van der Waals surface area contributed by atoms with E-state index in [9.17, 15) is 14.4 Å². The molecule has 1 atom stereocenters. The second-order valence-corrected chi connectivity index (χ2v) is 4.48. The Hall–Kier alpha value is -1.96. The van der Waals surface area contributed by atoms with E-state index in [0.29, 0.717) is 4.60 Å². The van der Waals surface area contributed by atoms with Crippen molar-refractivity contribution < 1.29 is 24.6 Å². The topological polar surface area (TPSA) is 117 Å². The maximum Gasteiger partial charge on any atom is 0.326 e. The molecule has 0 bridgehead atoms. The van der Waals surface area contributed by atoms with Crippen molar-refractivity contribution in [1.29, 1.82) is 0 Å². The number of carboxylic acid groups (broad SMARTS) is 2. The highest BCUT2D eigenvalue weighted by molar-refractivity contribution is 9.10. The third-order valence-corrected chi connectivity index (χ3v) is 2.71. The first-order valence-corrected chi connectivity index (χ1v) is 6.06. The molecule has 8 heteroatoms. The highest BCUT2D eigenvalue weighted by Gasteiger charge is 2.21. The van der Waals surface area contributed by atoms with Crippen LogP contribution >= 0.6 is 15.9 Å². The minimum atomic E-state index is -1.28. The van der Waals surface area contributed by atoms with Gasteiger partial charge in [0, 0.05) is 12.6 Å². The molecule has 0 spiro atoms. The van der Waals surface area contributed by atoms with Crippen LogP contribution in [0.1, 0.15) is 23.2 Å². The van der Waals surface area contributed by atoms with E-state index in [1.165, 1.54) is 12.3 Å². The number of aromatic nitrogens is 1. The van der Waals surface area contributed by atoms with Crippen molar-refractivity contribution in [3.05, 3.63) is 28.5 Å². The van der Waals surface area contributed by atoms with Crippen LogP contribution in [-0.4, -0.2) is 39.1 Å². The molecular weight excluding hydrogens is 320 g/mol. The summed E-state index contributed by atoms with van der Waals surface area (Å²) < 4.78 is 0.546. The number of rotatable bonds is 6. The number of halogens is 1. The lowest BCUT2D eigenvalue weighted by molar-refractivity contribution is -0.140. The van der Waals surface area contributed by atoms with Crippen molar-refractivity contribution in [1.82, 2.24) is 10.3 Å². The van der Waals surface area contributed by atoms with Crippen LogP contribution in [0.15, 0.2) is 22.9 Å². The van der Waals surface area contributed by atoms with Gasteiger partial charge >= 0.3 is 11.9 Å². The molecule has 0 aromatic carbocycles. The molecule has 0 saturated heterocycles. The van der Waals surface area contributed by atoms with Crippen molar-refractivity contribution in [2.75, 3.05) is 0 Å². The van der Waals surface area contributed by atoms with Gasteiger partial charge in [0.25, 0.3) is 5.91 Å². The molecule has 0 radical (unpaired) electrons. The number of aliphatic carboxylic acids is 2. The molecule has 0 aliphatic rings. The monoisotopic (exact) mass is 330 g/mol. The summed E-state index contributed by atoms with van der Waals surface area (Å²) in [6.07, 6.45) is 0.770. The summed E-state index contributed by atoms with van der Waals surface area (Å²) in [5.74, 6) is -3.01. The molecule has 0 unspecified atom stereocenters. The van der Waals surface area contributed by atoms with Gasteiger partial charge in [-0.05, 0) is 34.5 Å². The van der Waals surface area contributed by atoms with E-state index in [2.05, 4.69) is 26.2 Å².